The van der Waals surface area contributed by atoms with Gasteiger partial charge in [0, 0.05) is 45.5 Å². The minimum atomic E-state index is -2.14. The van der Waals surface area contributed by atoms with Crippen molar-refractivity contribution in [2.45, 2.75) is 24.4 Å². The van der Waals surface area contributed by atoms with Crippen LogP contribution in [0.25, 0.3) is 0 Å². The quantitative estimate of drug-likeness (QED) is 0.179. The van der Waals surface area contributed by atoms with Crippen LogP contribution in [0.5, 0.6) is 0 Å². The zero-order valence-electron chi connectivity index (χ0n) is 12.1. The van der Waals surface area contributed by atoms with Gasteiger partial charge in [0.25, 0.3) is 0 Å². The summed E-state index contributed by atoms with van der Waals surface area (Å²) in [7, 11) is 1.94. The SMILES string of the molecule is COC(=O)[C@H](O)[C@@H](O)C(=O)O.COC(=O)[C@H](O)[C@@H](O)C(=O)O.[Sr]. The van der Waals surface area contributed by atoms with Crippen molar-refractivity contribution in [3.05, 3.63) is 0 Å². The summed E-state index contributed by atoms with van der Waals surface area (Å²) >= 11 is 0. The molecule has 4 atom stereocenters. The Kier molecular flexibility index (Phi) is 16.0. The van der Waals surface area contributed by atoms with E-state index >= 15 is 0 Å². The molecule has 0 bridgehead atoms. The van der Waals surface area contributed by atoms with Gasteiger partial charge in [0.2, 0.25) is 0 Å². The summed E-state index contributed by atoms with van der Waals surface area (Å²) in [6.07, 6.45) is -8.33. The molecule has 0 heterocycles. The number of rotatable bonds is 6. The molecule has 0 aliphatic rings. The number of aliphatic hydroxyl groups excluding tert-OH is 4. The Morgan fingerprint density at radius 3 is 1.00 bits per heavy atom. The van der Waals surface area contributed by atoms with Crippen LogP contribution in [0.15, 0.2) is 0 Å². The van der Waals surface area contributed by atoms with Crippen LogP contribution in [0.1, 0.15) is 0 Å². The monoisotopic (exact) mass is 416 g/mol. The molecule has 0 amide bonds. The molecule has 6 N–H and O–H groups in total. The molecule has 0 aliphatic carbocycles. The number of carboxylic acids is 2. The number of aliphatic hydroxyl groups is 4. The summed E-state index contributed by atoms with van der Waals surface area (Å²) in [6.45, 7) is 0. The van der Waals surface area contributed by atoms with Gasteiger partial charge in [-0.15, -0.1) is 0 Å². The molecule has 2 radical (unpaired) electrons. The molecule has 0 unspecified atom stereocenters. The Hall–Kier alpha value is -0.799. The van der Waals surface area contributed by atoms with E-state index in [0.717, 1.165) is 14.2 Å². The van der Waals surface area contributed by atoms with Crippen LogP contribution in [0, 0.1) is 0 Å². The normalized spacial score (nSPS) is 14.5. The van der Waals surface area contributed by atoms with Gasteiger partial charge in [-0.2, -0.15) is 0 Å². The van der Waals surface area contributed by atoms with Gasteiger partial charge in [-0.3, -0.25) is 0 Å². The van der Waals surface area contributed by atoms with E-state index < -0.39 is 48.3 Å². The van der Waals surface area contributed by atoms with E-state index in [2.05, 4.69) is 9.47 Å². The summed E-state index contributed by atoms with van der Waals surface area (Å²) in [6, 6.07) is 0. The van der Waals surface area contributed by atoms with Crippen molar-refractivity contribution in [3.63, 3.8) is 0 Å². The number of carboxylic acid groups (broad SMARTS) is 2. The molecule has 0 aliphatic heterocycles. The predicted molar refractivity (Wildman–Crippen MR) is 69.1 cm³/mol. The number of esters is 2. The second-order valence-corrected chi connectivity index (χ2v) is 3.50. The van der Waals surface area contributed by atoms with Crippen LogP contribution >= 0.6 is 0 Å². The number of aliphatic carboxylic acids is 2. The fourth-order valence-corrected chi connectivity index (χ4v) is 0.769. The average molecular weight is 416 g/mol. The maximum atomic E-state index is 10.4. The fraction of sp³-hybridized carbons (Fsp3) is 0.600. The molecule has 0 saturated carbocycles. The smallest absolute Gasteiger partial charge is 0.338 e. The first-order valence-electron chi connectivity index (χ1n) is 5.34. The Morgan fingerprint density at radius 1 is 0.652 bits per heavy atom. The van der Waals surface area contributed by atoms with E-state index in [1.165, 1.54) is 0 Å². The molecule has 0 saturated heterocycles. The Balaban J connectivity index is -0.000000333. The zero-order chi connectivity index (χ0) is 18.0. The third kappa shape index (κ3) is 10.6. The van der Waals surface area contributed by atoms with Crippen molar-refractivity contribution >= 4 is 69.4 Å². The number of methoxy groups -OCH3 is 2. The second kappa shape index (κ2) is 13.6. The van der Waals surface area contributed by atoms with Gasteiger partial charge >= 0.3 is 23.9 Å². The molecule has 0 rings (SSSR count). The van der Waals surface area contributed by atoms with Crippen LogP contribution < -0.4 is 0 Å². The van der Waals surface area contributed by atoms with E-state index in [9.17, 15) is 19.2 Å². The molecule has 0 spiro atoms. The summed E-state index contributed by atoms with van der Waals surface area (Å²) in [5.74, 6) is -5.72. The maximum Gasteiger partial charge on any atom is 0.338 e. The van der Waals surface area contributed by atoms with Gasteiger partial charge < -0.3 is 40.1 Å². The summed E-state index contributed by atoms with van der Waals surface area (Å²) in [5.41, 5.74) is 0. The van der Waals surface area contributed by atoms with Crippen molar-refractivity contribution in [1.29, 1.82) is 0 Å². The van der Waals surface area contributed by atoms with Crippen molar-refractivity contribution in [2.24, 2.45) is 0 Å². The number of hydrogen-bond donors (Lipinski definition) is 6. The molecular formula is C10H16O12Sr. The first kappa shape index (κ1) is 27.1. The summed E-state index contributed by atoms with van der Waals surface area (Å²) in [4.78, 5) is 40.6. The maximum absolute atomic E-state index is 10.4. The van der Waals surface area contributed by atoms with Gasteiger partial charge in [-0.1, -0.05) is 0 Å². The van der Waals surface area contributed by atoms with Gasteiger partial charge in [-0.05, 0) is 0 Å². The van der Waals surface area contributed by atoms with Gasteiger partial charge in [0.1, 0.15) is 0 Å². The third-order valence-corrected chi connectivity index (χ3v) is 1.99. The standard InChI is InChI=1S/2C5H8O6.Sr/c2*1-11-5(10)3(7)2(6)4(8)9;/h2*2-3,6-7H,1H3,(H,8,9);/t2*2-,3-;/m11./s1. The molecule has 0 aromatic carbocycles. The van der Waals surface area contributed by atoms with E-state index in [-0.39, 0.29) is 45.5 Å². The Bertz CT molecular complexity index is 373. The molecule has 0 aromatic rings. The van der Waals surface area contributed by atoms with E-state index in [1.54, 1.807) is 0 Å². The van der Waals surface area contributed by atoms with Gasteiger partial charge in [0.05, 0.1) is 14.2 Å². The van der Waals surface area contributed by atoms with E-state index in [4.69, 9.17) is 30.6 Å². The number of carbonyl (C=O) groups is 4. The Morgan fingerprint density at radius 2 is 0.870 bits per heavy atom. The first-order chi connectivity index (χ1) is 10.0. The fourth-order valence-electron chi connectivity index (χ4n) is 0.769. The topological polar surface area (TPSA) is 208 Å². The minimum absolute atomic E-state index is 0. The number of ether oxygens (including phenoxy) is 2. The van der Waals surface area contributed by atoms with Gasteiger partial charge in [0.15, 0.2) is 24.4 Å². The molecule has 23 heavy (non-hydrogen) atoms. The van der Waals surface area contributed by atoms with Crippen molar-refractivity contribution in [1.82, 2.24) is 0 Å². The minimum Gasteiger partial charge on any atom is -0.479 e. The molecule has 0 fully saturated rings. The number of hydrogen-bond acceptors (Lipinski definition) is 10. The van der Waals surface area contributed by atoms with Crippen molar-refractivity contribution in [2.75, 3.05) is 14.2 Å². The molecule has 0 aromatic heterocycles. The van der Waals surface area contributed by atoms with E-state index in [1.807, 2.05) is 0 Å². The Labute approximate surface area is 166 Å². The summed E-state index contributed by atoms with van der Waals surface area (Å²) < 4.78 is 7.94. The third-order valence-electron chi connectivity index (χ3n) is 1.99. The largest absolute Gasteiger partial charge is 0.479 e. The molecular weight excluding hydrogens is 400 g/mol. The van der Waals surface area contributed by atoms with Crippen LogP contribution in [-0.4, -0.2) is 139 Å². The second-order valence-electron chi connectivity index (χ2n) is 3.50. The van der Waals surface area contributed by atoms with Crippen LogP contribution in [-0.2, 0) is 28.7 Å². The molecule has 130 valence electrons. The predicted octanol–water partition coefficient (Wildman–Crippen LogP) is -4.45. The zero-order valence-corrected chi connectivity index (χ0v) is 15.6. The molecule has 12 nitrogen and oxygen atoms in total. The first-order valence-corrected chi connectivity index (χ1v) is 5.34. The molecule has 13 heteroatoms. The summed E-state index contributed by atoms with van der Waals surface area (Å²) in [5, 5.41) is 50.6. The van der Waals surface area contributed by atoms with Crippen molar-refractivity contribution in [3.8, 4) is 0 Å². The van der Waals surface area contributed by atoms with E-state index in [0.29, 0.717) is 0 Å². The van der Waals surface area contributed by atoms with Crippen LogP contribution in [0.2, 0.25) is 0 Å². The van der Waals surface area contributed by atoms with Crippen LogP contribution in [0.4, 0.5) is 0 Å². The van der Waals surface area contributed by atoms with Crippen LogP contribution in [0.3, 0.4) is 0 Å². The number of carbonyl (C=O) groups excluding carboxylic acids is 2. The van der Waals surface area contributed by atoms with Crippen molar-refractivity contribution < 1.29 is 59.3 Å². The average Bonchev–Trinajstić information content (AvgIpc) is 2.50. The van der Waals surface area contributed by atoms with Gasteiger partial charge in [-0.25, -0.2) is 19.2 Å².